The SMILES string of the molecule is CSC1=Nc2ccccc2SC1CC(=O)O. The van der Waals surface area contributed by atoms with Crippen LogP contribution in [0.15, 0.2) is 34.2 Å². The van der Waals surface area contributed by atoms with Gasteiger partial charge in [0.15, 0.2) is 0 Å². The highest BCUT2D eigenvalue weighted by atomic mass is 32.2. The van der Waals surface area contributed by atoms with Crippen molar-refractivity contribution in [2.75, 3.05) is 6.26 Å². The second kappa shape index (κ2) is 4.93. The third-order valence-corrected chi connectivity index (χ3v) is 4.43. The number of carboxylic acid groups (broad SMARTS) is 1. The van der Waals surface area contributed by atoms with E-state index in [2.05, 4.69) is 4.99 Å². The van der Waals surface area contributed by atoms with E-state index in [1.165, 1.54) is 11.8 Å². The van der Waals surface area contributed by atoms with Crippen molar-refractivity contribution in [3.63, 3.8) is 0 Å². The lowest BCUT2D eigenvalue weighted by Gasteiger charge is -2.21. The van der Waals surface area contributed by atoms with Crippen LogP contribution in [0.1, 0.15) is 6.42 Å². The first-order chi connectivity index (χ1) is 7.70. The number of hydrogen-bond donors (Lipinski definition) is 1. The summed E-state index contributed by atoms with van der Waals surface area (Å²) in [5.41, 5.74) is 0.943. The number of fused-ring (bicyclic) bond motifs is 1. The van der Waals surface area contributed by atoms with Crippen LogP contribution in [0.25, 0.3) is 0 Å². The molecule has 1 atom stereocenters. The highest BCUT2D eigenvalue weighted by Crippen LogP contribution is 2.40. The molecule has 0 aromatic heterocycles. The van der Waals surface area contributed by atoms with Gasteiger partial charge < -0.3 is 5.11 Å². The van der Waals surface area contributed by atoms with E-state index in [-0.39, 0.29) is 11.7 Å². The second-order valence-corrected chi connectivity index (χ2v) is 5.40. The van der Waals surface area contributed by atoms with Gasteiger partial charge in [-0.15, -0.1) is 23.5 Å². The van der Waals surface area contributed by atoms with E-state index in [1.54, 1.807) is 11.8 Å². The summed E-state index contributed by atoms with van der Waals surface area (Å²) in [6.45, 7) is 0. The van der Waals surface area contributed by atoms with Gasteiger partial charge in [0.1, 0.15) is 0 Å². The number of thioether (sulfide) groups is 2. The fourth-order valence-corrected chi connectivity index (χ4v) is 3.55. The fraction of sp³-hybridized carbons (Fsp3) is 0.273. The fourth-order valence-electron chi connectivity index (χ4n) is 1.51. The number of hydrogen-bond acceptors (Lipinski definition) is 4. The van der Waals surface area contributed by atoms with E-state index in [1.807, 2.05) is 30.5 Å². The zero-order valence-electron chi connectivity index (χ0n) is 8.71. The molecule has 0 fully saturated rings. The summed E-state index contributed by atoms with van der Waals surface area (Å²) in [6, 6.07) is 7.83. The minimum absolute atomic E-state index is 0.0533. The first kappa shape index (κ1) is 11.5. The molecule has 1 aromatic rings. The molecule has 1 aliphatic rings. The molecule has 1 aliphatic heterocycles. The normalized spacial score (nSPS) is 18.8. The highest BCUT2D eigenvalue weighted by molar-refractivity contribution is 8.16. The maximum absolute atomic E-state index is 10.8. The third-order valence-electron chi connectivity index (χ3n) is 2.21. The van der Waals surface area contributed by atoms with Crippen molar-refractivity contribution in [1.82, 2.24) is 0 Å². The van der Waals surface area contributed by atoms with Gasteiger partial charge in [-0.3, -0.25) is 4.79 Å². The van der Waals surface area contributed by atoms with Crippen molar-refractivity contribution in [2.24, 2.45) is 4.99 Å². The average Bonchev–Trinajstić information content (AvgIpc) is 2.27. The number of aliphatic carboxylic acids is 1. The predicted molar refractivity (Wildman–Crippen MR) is 68.9 cm³/mol. The molecular formula is C11H11NO2S2. The van der Waals surface area contributed by atoms with Gasteiger partial charge in [-0.05, 0) is 18.4 Å². The number of carbonyl (C=O) groups is 1. The maximum atomic E-state index is 10.8. The predicted octanol–water partition coefficient (Wildman–Crippen LogP) is 3.03. The van der Waals surface area contributed by atoms with Crippen molar-refractivity contribution in [3.8, 4) is 0 Å². The number of carboxylic acids is 1. The topological polar surface area (TPSA) is 49.7 Å². The molecular weight excluding hydrogens is 242 g/mol. The van der Waals surface area contributed by atoms with Crippen LogP contribution in [-0.4, -0.2) is 27.6 Å². The quantitative estimate of drug-likeness (QED) is 0.880. The van der Waals surface area contributed by atoms with Gasteiger partial charge in [-0.2, -0.15) is 0 Å². The van der Waals surface area contributed by atoms with Crippen molar-refractivity contribution >= 4 is 40.2 Å². The summed E-state index contributed by atoms with van der Waals surface area (Å²) in [6.07, 6.45) is 2.06. The summed E-state index contributed by atoms with van der Waals surface area (Å²) >= 11 is 3.11. The highest BCUT2D eigenvalue weighted by Gasteiger charge is 2.25. The van der Waals surface area contributed by atoms with Gasteiger partial charge in [0.05, 0.1) is 22.4 Å². The summed E-state index contributed by atoms with van der Waals surface area (Å²) in [4.78, 5) is 16.3. The van der Waals surface area contributed by atoms with Crippen LogP contribution in [0.2, 0.25) is 0 Å². The van der Waals surface area contributed by atoms with Crippen LogP contribution in [0.5, 0.6) is 0 Å². The Bertz CT molecular complexity index is 445. The smallest absolute Gasteiger partial charge is 0.304 e. The van der Waals surface area contributed by atoms with Gasteiger partial charge in [-0.25, -0.2) is 4.99 Å². The van der Waals surface area contributed by atoms with E-state index in [0.29, 0.717) is 0 Å². The van der Waals surface area contributed by atoms with E-state index < -0.39 is 5.97 Å². The lowest BCUT2D eigenvalue weighted by Crippen LogP contribution is -2.20. The molecule has 1 unspecified atom stereocenters. The molecule has 0 radical (unpaired) electrons. The van der Waals surface area contributed by atoms with Crippen molar-refractivity contribution in [1.29, 1.82) is 0 Å². The Balaban J connectivity index is 2.31. The zero-order chi connectivity index (χ0) is 11.5. The second-order valence-electron chi connectivity index (χ2n) is 3.33. The number of nitrogens with zero attached hydrogens (tertiary/aromatic N) is 1. The lowest BCUT2D eigenvalue weighted by atomic mass is 10.3. The number of rotatable bonds is 2. The van der Waals surface area contributed by atoms with Gasteiger partial charge >= 0.3 is 5.97 Å². The zero-order valence-corrected chi connectivity index (χ0v) is 10.3. The standard InChI is InChI=1S/C11H11NO2S2/c1-15-11-9(6-10(13)14)16-8-5-3-2-4-7(8)12-11/h2-5,9H,6H2,1H3,(H,13,14). The lowest BCUT2D eigenvalue weighted by molar-refractivity contribution is -0.136. The van der Waals surface area contributed by atoms with Gasteiger partial charge in [-0.1, -0.05) is 12.1 Å². The van der Waals surface area contributed by atoms with Crippen molar-refractivity contribution in [3.05, 3.63) is 24.3 Å². The molecule has 1 N–H and O–H groups in total. The number of benzene rings is 1. The summed E-state index contributed by atoms with van der Waals surface area (Å²) < 4.78 is 0. The molecule has 0 bridgehead atoms. The molecule has 84 valence electrons. The van der Waals surface area contributed by atoms with Gasteiger partial charge in [0.25, 0.3) is 0 Å². The molecule has 1 heterocycles. The number of aliphatic imine (C=N–C) groups is 1. The van der Waals surface area contributed by atoms with E-state index in [0.717, 1.165) is 15.6 Å². The van der Waals surface area contributed by atoms with Crippen LogP contribution in [0.3, 0.4) is 0 Å². The van der Waals surface area contributed by atoms with Crippen molar-refractivity contribution in [2.45, 2.75) is 16.6 Å². The monoisotopic (exact) mass is 253 g/mol. The molecule has 2 rings (SSSR count). The molecule has 3 nitrogen and oxygen atoms in total. The molecule has 16 heavy (non-hydrogen) atoms. The average molecular weight is 253 g/mol. The van der Waals surface area contributed by atoms with Gasteiger partial charge in [0, 0.05) is 4.90 Å². The molecule has 0 saturated carbocycles. The number of para-hydroxylation sites is 1. The molecule has 0 amide bonds. The Kier molecular flexibility index (Phi) is 3.56. The molecule has 0 saturated heterocycles. The first-order valence-corrected chi connectivity index (χ1v) is 6.91. The maximum Gasteiger partial charge on any atom is 0.304 e. The summed E-state index contributed by atoms with van der Waals surface area (Å²) in [5.74, 6) is -0.779. The third kappa shape index (κ3) is 2.41. The van der Waals surface area contributed by atoms with Crippen LogP contribution in [0.4, 0.5) is 5.69 Å². The molecule has 1 aromatic carbocycles. The first-order valence-electron chi connectivity index (χ1n) is 4.80. The molecule has 0 spiro atoms. The largest absolute Gasteiger partial charge is 0.481 e. The van der Waals surface area contributed by atoms with Crippen molar-refractivity contribution < 1.29 is 9.90 Å². The Hall–Kier alpha value is -0.940. The Morgan fingerprint density at radius 3 is 3.00 bits per heavy atom. The Morgan fingerprint density at radius 1 is 1.56 bits per heavy atom. The van der Waals surface area contributed by atoms with E-state index in [9.17, 15) is 4.79 Å². The molecule has 0 aliphatic carbocycles. The minimum Gasteiger partial charge on any atom is -0.481 e. The Labute approximate surface area is 102 Å². The van der Waals surface area contributed by atoms with Crippen LogP contribution < -0.4 is 0 Å². The summed E-state index contributed by atoms with van der Waals surface area (Å²) in [7, 11) is 0. The van der Waals surface area contributed by atoms with Crippen LogP contribution in [-0.2, 0) is 4.79 Å². The van der Waals surface area contributed by atoms with Crippen LogP contribution in [0, 0.1) is 0 Å². The Morgan fingerprint density at radius 2 is 2.31 bits per heavy atom. The minimum atomic E-state index is -0.779. The van der Waals surface area contributed by atoms with E-state index >= 15 is 0 Å². The van der Waals surface area contributed by atoms with Gasteiger partial charge in [0.2, 0.25) is 0 Å². The van der Waals surface area contributed by atoms with E-state index in [4.69, 9.17) is 5.11 Å². The molecule has 5 heteroatoms. The summed E-state index contributed by atoms with van der Waals surface area (Å²) in [5, 5.41) is 9.69. The van der Waals surface area contributed by atoms with Crippen LogP contribution >= 0.6 is 23.5 Å².